The summed E-state index contributed by atoms with van der Waals surface area (Å²) >= 11 is 0. The molecule has 0 aromatic heterocycles. The van der Waals surface area contributed by atoms with E-state index in [1.807, 2.05) is 6.92 Å². The Morgan fingerprint density at radius 3 is 2.44 bits per heavy atom. The van der Waals surface area contributed by atoms with Crippen molar-refractivity contribution in [2.24, 2.45) is 0 Å². The number of hydrogen-bond donors (Lipinski definition) is 0. The van der Waals surface area contributed by atoms with E-state index in [9.17, 15) is 14.9 Å². The van der Waals surface area contributed by atoms with Crippen molar-refractivity contribution in [3.8, 4) is 11.5 Å². The van der Waals surface area contributed by atoms with Crippen LogP contribution in [0.25, 0.3) is 0 Å². The van der Waals surface area contributed by atoms with E-state index in [1.165, 1.54) is 17.0 Å². The molecule has 0 saturated heterocycles. The standard InChI is InChI=1S/C18H20N2O5/c1-13(14-5-4-6-15(11-14)20(22)23)19(2)18(21)12-25-17-9-7-16(24-3)8-10-17/h4-11,13H,12H2,1-3H3/t13-/m0/s1. The quantitative estimate of drug-likeness (QED) is 0.569. The van der Waals surface area contributed by atoms with Gasteiger partial charge in [0.1, 0.15) is 11.5 Å². The Hall–Kier alpha value is -3.09. The molecule has 2 aromatic rings. The van der Waals surface area contributed by atoms with Gasteiger partial charge in [0.25, 0.3) is 11.6 Å². The zero-order valence-corrected chi connectivity index (χ0v) is 14.3. The van der Waals surface area contributed by atoms with Crippen molar-refractivity contribution in [1.82, 2.24) is 4.90 Å². The van der Waals surface area contributed by atoms with Gasteiger partial charge in [-0.15, -0.1) is 0 Å². The number of rotatable bonds is 7. The lowest BCUT2D eigenvalue weighted by molar-refractivity contribution is -0.384. The molecule has 7 heteroatoms. The van der Waals surface area contributed by atoms with Crippen LogP contribution >= 0.6 is 0 Å². The average molecular weight is 344 g/mol. The highest BCUT2D eigenvalue weighted by molar-refractivity contribution is 5.78. The molecule has 0 aliphatic rings. The number of likely N-dealkylation sites (N-methyl/N-ethyl adjacent to an activating group) is 1. The molecule has 7 nitrogen and oxygen atoms in total. The number of nitrogens with zero attached hydrogens (tertiary/aromatic N) is 2. The topological polar surface area (TPSA) is 81.9 Å². The Morgan fingerprint density at radius 2 is 1.84 bits per heavy atom. The Morgan fingerprint density at radius 1 is 1.20 bits per heavy atom. The minimum absolute atomic E-state index is 0.000295. The second kappa shape index (κ2) is 8.14. The number of benzene rings is 2. The molecule has 0 spiro atoms. The number of nitro groups is 1. The van der Waals surface area contributed by atoms with Crippen molar-refractivity contribution < 1.29 is 19.2 Å². The van der Waals surface area contributed by atoms with Crippen LogP contribution in [0.3, 0.4) is 0 Å². The maximum Gasteiger partial charge on any atom is 0.269 e. The highest BCUT2D eigenvalue weighted by Gasteiger charge is 2.19. The van der Waals surface area contributed by atoms with Crippen LogP contribution in [0.15, 0.2) is 48.5 Å². The molecule has 0 radical (unpaired) electrons. The van der Waals surface area contributed by atoms with E-state index in [2.05, 4.69) is 0 Å². The first-order valence-electron chi connectivity index (χ1n) is 7.69. The molecular weight excluding hydrogens is 324 g/mol. The van der Waals surface area contributed by atoms with Crippen molar-refractivity contribution >= 4 is 11.6 Å². The Bertz CT molecular complexity index is 745. The third-order valence-corrected chi connectivity index (χ3v) is 3.96. The Kier molecular flexibility index (Phi) is 5.94. The van der Waals surface area contributed by atoms with Crippen LogP contribution in [0.4, 0.5) is 5.69 Å². The van der Waals surface area contributed by atoms with Gasteiger partial charge in [-0.2, -0.15) is 0 Å². The van der Waals surface area contributed by atoms with Gasteiger partial charge in [0.15, 0.2) is 6.61 Å². The van der Waals surface area contributed by atoms with Crippen molar-refractivity contribution in [2.75, 3.05) is 20.8 Å². The highest BCUT2D eigenvalue weighted by atomic mass is 16.6. The van der Waals surface area contributed by atoms with Crippen molar-refractivity contribution in [1.29, 1.82) is 0 Å². The van der Waals surface area contributed by atoms with E-state index in [0.717, 1.165) is 0 Å². The number of methoxy groups -OCH3 is 1. The number of nitro benzene ring substituents is 1. The fraction of sp³-hybridized carbons (Fsp3) is 0.278. The van der Waals surface area contributed by atoms with Gasteiger partial charge in [-0.05, 0) is 36.8 Å². The van der Waals surface area contributed by atoms with E-state index < -0.39 is 4.92 Å². The van der Waals surface area contributed by atoms with Crippen LogP contribution in [0.5, 0.6) is 11.5 Å². The van der Waals surface area contributed by atoms with E-state index in [-0.39, 0.29) is 24.2 Å². The first-order valence-corrected chi connectivity index (χ1v) is 7.69. The lowest BCUT2D eigenvalue weighted by Crippen LogP contribution is -2.33. The molecule has 1 atom stereocenters. The summed E-state index contributed by atoms with van der Waals surface area (Å²) in [6.45, 7) is 1.69. The molecule has 25 heavy (non-hydrogen) atoms. The summed E-state index contributed by atoms with van der Waals surface area (Å²) in [6.07, 6.45) is 0. The van der Waals surface area contributed by atoms with Gasteiger partial charge in [-0.25, -0.2) is 0 Å². The summed E-state index contributed by atoms with van der Waals surface area (Å²) in [7, 11) is 3.22. The molecule has 0 aliphatic carbocycles. The lowest BCUT2D eigenvalue weighted by atomic mass is 10.1. The molecule has 2 aromatic carbocycles. The minimum atomic E-state index is -0.454. The van der Waals surface area contributed by atoms with Crippen LogP contribution in [-0.4, -0.2) is 36.5 Å². The van der Waals surface area contributed by atoms with Gasteiger partial charge in [0, 0.05) is 19.2 Å². The molecular formula is C18H20N2O5. The molecule has 0 fully saturated rings. The second-order valence-corrected chi connectivity index (χ2v) is 5.50. The zero-order valence-electron chi connectivity index (χ0n) is 14.3. The van der Waals surface area contributed by atoms with Crippen molar-refractivity contribution in [2.45, 2.75) is 13.0 Å². The number of amides is 1. The predicted molar refractivity (Wildman–Crippen MR) is 92.8 cm³/mol. The monoisotopic (exact) mass is 344 g/mol. The number of carbonyl (C=O) groups excluding carboxylic acids is 1. The normalized spacial score (nSPS) is 11.5. The van der Waals surface area contributed by atoms with Crippen molar-refractivity contribution in [3.05, 3.63) is 64.2 Å². The van der Waals surface area contributed by atoms with Crippen LogP contribution < -0.4 is 9.47 Å². The molecule has 0 unspecified atom stereocenters. The first-order chi connectivity index (χ1) is 11.9. The van der Waals surface area contributed by atoms with Gasteiger partial charge >= 0.3 is 0 Å². The zero-order chi connectivity index (χ0) is 18.4. The predicted octanol–water partition coefficient (Wildman–Crippen LogP) is 3.20. The van der Waals surface area contributed by atoms with Gasteiger partial charge < -0.3 is 14.4 Å². The van der Waals surface area contributed by atoms with E-state index in [4.69, 9.17) is 9.47 Å². The fourth-order valence-electron chi connectivity index (χ4n) is 2.26. The molecule has 0 bridgehead atoms. The third kappa shape index (κ3) is 4.69. The fourth-order valence-corrected chi connectivity index (χ4v) is 2.26. The van der Waals surface area contributed by atoms with E-state index in [1.54, 1.807) is 50.6 Å². The maximum absolute atomic E-state index is 12.3. The largest absolute Gasteiger partial charge is 0.497 e. The van der Waals surface area contributed by atoms with E-state index in [0.29, 0.717) is 17.1 Å². The number of non-ortho nitro benzene ring substituents is 1. The summed E-state index contributed by atoms with van der Waals surface area (Å²) in [4.78, 5) is 24.2. The summed E-state index contributed by atoms with van der Waals surface area (Å²) < 4.78 is 10.5. The number of hydrogen-bond acceptors (Lipinski definition) is 5. The second-order valence-electron chi connectivity index (χ2n) is 5.50. The first kappa shape index (κ1) is 18.3. The maximum atomic E-state index is 12.3. The molecule has 1 amide bonds. The summed E-state index contributed by atoms with van der Waals surface area (Å²) in [5.74, 6) is 1.04. The number of ether oxygens (including phenoxy) is 2. The molecule has 0 aliphatic heterocycles. The molecule has 0 saturated carbocycles. The number of carbonyl (C=O) groups is 1. The Balaban J connectivity index is 1.98. The summed E-state index contributed by atoms with van der Waals surface area (Å²) in [5, 5.41) is 10.9. The van der Waals surface area contributed by atoms with Crippen LogP contribution in [0.2, 0.25) is 0 Å². The summed E-state index contributed by atoms with van der Waals surface area (Å²) in [5.41, 5.74) is 0.689. The highest BCUT2D eigenvalue weighted by Crippen LogP contribution is 2.23. The smallest absolute Gasteiger partial charge is 0.269 e. The van der Waals surface area contributed by atoms with Crippen LogP contribution in [0, 0.1) is 10.1 Å². The van der Waals surface area contributed by atoms with Gasteiger partial charge in [-0.1, -0.05) is 12.1 Å². The molecule has 2 rings (SSSR count). The average Bonchev–Trinajstić information content (AvgIpc) is 2.65. The van der Waals surface area contributed by atoms with Gasteiger partial charge in [0.2, 0.25) is 0 Å². The van der Waals surface area contributed by atoms with Gasteiger partial charge in [0.05, 0.1) is 18.1 Å². The molecule has 132 valence electrons. The van der Waals surface area contributed by atoms with Crippen LogP contribution in [0.1, 0.15) is 18.5 Å². The summed E-state index contributed by atoms with van der Waals surface area (Å²) in [6, 6.07) is 12.9. The molecule has 0 N–H and O–H groups in total. The minimum Gasteiger partial charge on any atom is -0.497 e. The SMILES string of the molecule is COc1ccc(OCC(=O)N(C)[C@@H](C)c2cccc([N+](=O)[O-])c2)cc1. The van der Waals surface area contributed by atoms with Crippen LogP contribution in [-0.2, 0) is 4.79 Å². The lowest BCUT2D eigenvalue weighted by Gasteiger charge is -2.25. The molecule has 0 heterocycles. The Labute approximate surface area is 145 Å². The van der Waals surface area contributed by atoms with Gasteiger partial charge in [-0.3, -0.25) is 14.9 Å². The van der Waals surface area contributed by atoms with E-state index >= 15 is 0 Å². The van der Waals surface area contributed by atoms with Crippen molar-refractivity contribution in [3.63, 3.8) is 0 Å². The third-order valence-electron chi connectivity index (χ3n) is 3.96.